The lowest BCUT2D eigenvalue weighted by molar-refractivity contribution is -0.143. The number of amides is 1. The molecule has 168 valence electrons. The van der Waals surface area contributed by atoms with Gasteiger partial charge in [-0.25, -0.2) is 15.0 Å². The Hall–Kier alpha value is -3.63. The van der Waals surface area contributed by atoms with Gasteiger partial charge in [-0.3, -0.25) is 9.48 Å². The van der Waals surface area contributed by atoms with Gasteiger partial charge in [0, 0.05) is 56.0 Å². The summed E-state index contributed by atoms with van der Waals surface area (Å²) in [7, 11) is 3.58. The summed E-state index contributed by atoms with van der Waals surface area (Å²) in [5, 5.41) is 21.2. The van der Waals surface area contributed by atoms with Crippen LogP contribution in [0.4, 0.5) is 11.8 Å². The van der Waals surface area contributed by atoms with Gasteiger partial charge in [0.1, 0.15) is 10.7 Å². The van der Waals surface area contributed by atoms with Crippen molar-refractivity contribution in [3.05, 3.63) is 59.2 Å². The molecule has 1 aliphatic rings. The minimum absolute atomic E-state index is 0.274. The van der Waals surface area contributed by atoms with Crippen LogP contribution in [0.5, 0.6) is 0 Å². The van der Waals surface area contributed by atoms with E-state index in [0.717, 1.165) is 22.0 Å². The summed E-state index contributed by atoms with van der Waals surface area (Å²) in [6.07, 6.45) is 2.05. The standard InChI is InChI=1S/C23H23N7O2S/c1-14-11-19(28-30(14)3)27-22-24-9-7-17(26-22)18-13-33-20(25-18)15-5-4-6-16(12-15)23(32)8-10-29(2)21(23)31/h4-7,9,11-13,32H,8,10H2,1-3H3,(H,24,26,27,28). The number of rotatable bonds is 5. The molecule has 3 aromatic heterocycles. The van der Waals surface area contributed by atoms with Crippen LogP contribution in [0, 0.1) is 6.92 Å². The molecule has 1 aromatic carbocycles. The zero-order valence-corrected chi connectivity index (χ0v) is 19.3. The van der Waals surface area contributed by atoms with Gasteiger partial charge in [0.25, 0.3) is 5.91 Å². The Bertz CT molecular complexity index is 1330. The highest BCUT2D eigenvalue weighted by Gasteiger charge is 2.45. The first-order valence-electron chi connectivity index (χ1n) is 10.5. The zero-order valence-electron chi connectivity index (χ0n) is 18.5. The molecular weight excluding hydrogens is 438 g/mol. The molecule has 0 bridgehead atoms. The van der Waals surface area contributed by atoms with Crippen LogP contribution in [0.15, 0.2) is 48.0 Å². The number of nitrogens with zero attached hydrogens (tertiary/aromatic N) is 6. The van der Waals surface area contributed by atoms with Crippen molar-refractivity contribution in [3.63, 3.8) is 0 Å². The lowest BCUT2D eigenvalue weighted by atomic mass is 9.91. The Morgan fingerprint density at radius 3 is 2.73 bits per heavy atom. The number of hydrogen-bond donors (Lipinski definition) is 2. The number of aryl methyl sites for hydroxylation is 2. The van der Waals surface area contributed by atoms with E-state index in [0.29, 0.717) is 36.0 Å². The van der Waals surface area contributed by atoms with Crippen molar-refractivity contribution in [3.8, 4) is 22.0 Å². The summed E-state index contributed by atoms with van der Waals surface area (Å²) in [5.74, 6) is 0.838. The summed E-state index contributed by atoms with van der Waals surface area (Å²) in [6.45, 7) is 2.50. The normalized spacial score (nSPS) is 18.2. The van der Waals surface area contributed by atoms with Gasteiger partial charge >= 0.3 is 0 Å². The number of hydrogen-bond acceptors (Lipinski definition) is 8. The van der Waals surface area contributed by atoms with E-state index in [1.165, 1.54) is 11.3 Å². The molecule has 4 aromatic rings. The smallest absolute Gasteiger partial charge is 0.258 e. The molecule has 0 spiro atoms. The molecule has 0 radical (unpaired) electrons. The Morgan fingerprint density at radius 2 is 2.00 bits per heavy atom. The Morgan fingerprint density at radius 1 is 1.15 bits per heavy atom. The van der Waals surface area contributed by atoms with Crippen molar-refractivity contribution >= 4 is 29.0 Å². The number of nitrogens with one attached hydrogen (secondary N) is 1. The van der Waals surface area contributed by atoms with Gasteiger partial charge in [-0.1, -0.05) is 18.2 Å². The van der Waals surface area contributed by atoms with Gasteiger partial charge < -0.3 is 15.3 Å². The maximum Gasteiger partial charge on any atom is 0.258 e. The van der Waals surface area contributed by atoms with Crippen LogP contribution in [-0.2, 0) is 17.4 Å². The molecular formula is C23H23N7O2S. The molecule has 0 aliphatic carbocycles. The number of aliphatic hydroxyl groups is 1. The predicted molar refractivity (Wildman–Crippen MR) is 126 cm³/mol. The highest BCUT2D eigenvalue weighted by atomic mass is 32.1. The summed E-state index contributed by atoms with van der Waals surface area (Å²) < 4.78 is 1.78. The third kappa shape index (κ3) is 3.87. The molecule has 10 heteroatoms. The fourth-order valence-electron chi connectivity index (χ4n) is 3.85. The van der Waals surface area contributed by atoms with Crippen LogP contribution >= 0.6 is 11.3 Å². The number of benzene rings is 1. The second-order valence-electron chi connectivity index (χ2n) is 8.14. The van der Waals surface area contributed by atoms with E-state index in [2.05, 4.69) is 20.4 Å². The molecule has 4 heterocycles. The third-order valence-electron chi connectivity index (χ3n) is 5.87. The van der Waals surface area contributed by atoms with E-state index in [1.54, 1.807) is 35.0 Å². The van der Waals surface area contributed by atoms with Gasteiger partial charge in [-0.05, 0) is 24.6 Å². The predicted octanol–water partition coefficient (Wildman–Crippen LogP) is 3.10. The van der Waals surface area contributed by atoms with Crippen LogP contribution < -0.4 is 5.32 Å². The fraction of sp³-hybridized carbons (Fsp3) is 0.261. The monoisotopic (exact) mass is 461 g/mol. The van der Waals surface area contributed by atoms with E-state index in [9.17, 15) is 9.90 Å². The maximum atomic E-state index is 12.5. The number of anilines is 2. The number of carbonyl (C=O) groups excluding carboxylic acids is 1. The molecule has 33 heavy (non-hydrogen) atoms. The highest BCUT2D eigenvalue weighted by molar-refractivity contribution is 7.13. The van der Waals surface area contributed by atoms with Crippen LogP contribution in [0.25, 0.3) is 22.0 Å². The van der Waals surface area contributed by atoms with Crippen molar-refractivity contribution in [2.24, 2.45) is 7.05 Å². The van der Waals surface area contributed by atoms with Crippen molar-refractivity contribution < 1.29 is 9.90 Å². The second kappa shape index (κ2) is 8.05. The topological polar surface area (TPSA) is 109 Å². The fourth-order valence-corrected chi connectivity index (χ4v) is 4.66. The molecule has 1 atom stereocenters. The average molecular weight is 462 g/mol. The summed E-state index contributed by atoms with van der Waals surface area (Å²) in [5.41, 5.74) is 2.38. The Kier molecular flexibility index (Phi) is 5.18. The van der Waals surface area contributed by atoms with Crippen molar-refractivity contribution in [2.45, 2.75) is 18.9 Å². The quantitative estimate of drug-likeness (QED) is 0.470. The summed E-state index contributed by atoms with van der Waals surface area (Å²) >= 11 is 1.48. The van der Waals surface area contributed by atoms with Crippen molar-refractivity contribution in [2.75, 3.05) is 18.9 Å². The van der Waals surface area contributed by atoms with Gasteiger partial charge in [0.2, 0.25) is 5.95 Å². The van der Waals surface area contributed by atoms with Gasteiger partial charge in [-0.15, -0.1) is 11.3 Å². The molecule has 0 saturated carbocycles. The first-order valence-corrected chi connectivity index (χ1v) is 11.4. The third-order valence-corrected chi connectivity index (χ3v) is 6.76. The number of aromatic nitrogens is 5. The largest absolute Gasteiger partial charge is 0.375 e. The second-order valence-corrected chi connectivity index (χ2v) is 9.00. The number of carbonyl (C=O) groups is 1. The van der Waals surface area contributed by atoms with E-state index in [4.69, 9.17) is 4.98 Å². The van der Waals surface area contributed by atoms with E-state index < -0.39 is 5.60 Å². The van der Waals surface area contributed by atoms with Crippen LogP contribution in [-0.4, -0.2) is 54.2 Å². The van der Waals surface area contributed by atoms with Crippen molar-refractivity contribution in [1.29, 1.82) is 0 Å². The average Bonchev–Trinajstić information content (AvgIpc) is 3.50. The number of thiazole rings is 1. The molecule has 1 amide bonds. The zero-order chi connectivity index (χ0) is 23.2. The minimum Gasteiger partial charge on any atom is -0.375 e. The Balaban J connectivity index is 1.41. The molecule has 1 unspecified atom stereocenters. The minimum atomic E-state index is -1.48. The first kappa shape index (κ1) is 21.2. The van der Waals surface area contributed by atoms with Crippen LogP contribution in [0.1, 0.15) is 17.7 Å². The van der Waals surface area contributed by atoms with Gasteiger partial charge in [0.05, 0.1) is 5.69 Å². The molecule has 1 fully saturated rings. The summed E-state index contributed by atoms with van der Waals surface area (Å²) in [4.78, 5) is 27.6. The molecule has 9 nitrogen and oxygen atoms in total. The van der Waals surface area contributed by atoms with Crippen LogP contribution in [0.3, 0.4) is 0 Å². The SMILES string of the molecule is Cc1cc(Nc2nccc(-c3csc(-c4cccc(C5(O)CCN(C)C5=O)c4)n3)n2)nn1C. The maximum absolute atomic E-state index is 12.5. The van der Waals surface area contributed by atoms with Crippen molar-refractivity contribution in [1.82, 2.24) is 29.6 Å². The lowest BCUT2D eigenvalue weighted by Gasteiger charge is -2.21. The van der Waals surface area contributed by atoms with Gasteiger partial charge in [0.15, 0.2) is 11.4 Å². The molecule has 1 aliphatic heterocycles. The molecule has 2 N–H and O–H groups in total. The van der Waals surface area contributed by atoms with E-state index >= 15 is 0 Å². The van der Waals surface area contributed by atoms with Crippen LogP contribution in [0.2, 0.25) is 0 Å². The number of likely N-dealkylation sites (tertiary alicyclic amines) is 1. The number of likely N-dealkylation sites (N-methyl/N-ethyl adjacent to an activating group) is 1. The molecule has 5 rings (SSSR count). The summed E-state index contributed by atoms with van der Waals surface area (Å²) in [6, 6.07) is 11.1. The van der Waals surface area contributed by atoms with E-state index in [-0.39, 0.29) is 5.91 Å². The highest BCUT2D eigenvalue weighted by Crippen LogP contribution is 2.36. The van der Waals surface area contributed by atoms with E-state index in [1.807, 2.05) is 43.6 Å². The molecule has 1 saturated heterocycles. The first-order chi connectivity index (χ1) is 15.8. The van der Waals surface area contributed by atoms with Gasteiger partial charge in [-0.2, -0.15) is 5.10 Å². The lowest BCUT2D eigenvalue weighted by Crippen LogP contribution is -2.36. The Labute approximate surface area is 194 Å².